The molecule has 0 aromatic rings. The first-order valence-electron chi connectivity index (χ1n) is 2.45. The molecule has 0 fully saturated rings. The van der Waals surface area contributed by atoms with Crippen molar-refractivity contribution in [1.82, 2.24) is 0 Å². The topological polar surface area (TPSA) is 9.23 Å². The predicted octanol–water partition coefficient (Wildman–Crippen LogP) is 3.37. The summed E-state index contributed by atoms with van der Waals surface area (Å²) in [6.45, 7) is 11.1. The largest absolute Gasteiger partial charge is 0.238 e. The van der Waals surface area contributed by atoms with E-state index in [1.54, 1.807) is 0 Å². The molecule has 0 bridgehead atoms. The molecule has 0 saturated heterocycles. The van der Waals surface area contributed by atoms with E-state index in [-0.39, 0.29) is 0 Å². The van der Waals surface area contributed by atoms with Crippen LogP contribution in [-0.2, 0) is 3.63 Å². The molecule has 0 spiro atoms. The Morgan fingerprint density at radius 1 is 1.11 bits per heavy atom. The molecule has 0 aliphatic heterocycles. The van der Waals surface area contributed by atoms with Crippen molar-refractivity contribution in [1.29, 1.82) is 0 Å². The van der Waals surface area contributed by atoms with Gasteiger partial charge in [-0.15, -0.1) is 0 Å². The highest BCUT2D eigenvalue weighted by atomic mass is 32.2. The summed E-state index contributed by atoms with van der Waals surface area (Å²) < 4.78 is 4.99. The molecule has 0 radical (unpaired) electrons. The molecular formula is C6H10OS2. The fraction of sp³-hybridized carbons (Fsp3) is 0.333. The molecule has 1 nitrogen and oxygen atoms in total. The van der Waals surface area contributed by atoms with Crippen molar-refractivity contribution in [3.05, 3.63) is 23.0 Å². The Morgan fingerprint density at radius 3 is 1.67 bits per heavy atom. The zero-order chi connectivity index (χ0) is 7.28. The second-order valence-corrected chi connectivity index (χ2v) is 3.91. The van der Waals surface area contributed by atoms with Crippen molar-refractivity contribution >= 4 is 24.1 Å². The predicted molar refractivity (Wildman–Crippen MR) is 45.9 cm³/mol. The van der Waals surface area contributed by atoms with Crippen molar-refractivity contribution in [3.8, 4) is 0 Å². The summed E-state index contributed by atoms with van der Waals surface area (Å²) in [7, 11) is 0. The van der Waals surface area contributed by atoms with Crippen LogP contribution >= 0.6 is 24.1 Å². The molecule has 0 atom stereocenters. The van der Waals surface area contributed by atoms with E-state index in [1.165, 1.54) is 24.1 Å². The second-order valence-electron chi connectivity index (χ2n) is 1.64. The summed E-state index contributed by atoms with van der Waals surface area (Å²) in [5, 5.41) is 0. The maximum absolute atomic E-state index is 4.99. The summed E-state index contributed by atoms with van der Waals surface area (Å²) in [5.74, 6) is 0. The van der Waals surface area contributed by atoms with Gasteiger partial charge in [0, 0.05) is 33.9 Å². The summed E-state index contributed by atoms with van der Waals surface area (Å²) >= 11 is 2.53. The normalized spacial score (nSPS) is 9.11. The van der Waals surface area contributed by atoms with Crippen LogP contribution in [0.15, 0.2) is 23.0 Å². The van der Waals surface area contributed by atoms with Gasteiger partial charge in [-0.2, -0.15) is 0 Å². The van der Waals surface area contributed by atoms with Gasteiger partial charge in [0.25, 0.3) is 0 Å². The third-order valence-corrected chi connectivity index (χ3v) is 1.47. The van der Waals surface area contributed by atoms with Crippen molar-refractivity contribution < 1.29 is 3.63 Å². The van der Waals surface area contributed by atoms with Gasteiger partial charge in [0.05, 0.1) is 0 Å². The molecule has 0 aromatic carbocycles. The number of hydrogen-bond donors (Lipinski definition) is 0. The van der Waals surface area contributed by atoms with Crippen LogP contribution < -0.4 is 0 Å². The quantitative estimate of drug-likeness (QED) is 0.586. The highest BCUT2D eigenvalue weighted by Gasteiger charge is 1.89. The fourth-order valence-corrected chi connectivity index (χ4v) is 1.20. The van der Waals surface area contributed by atoms with Crippen LogP contribution in [-0.4, -0.2) is 0 Å². The molecule has 0 unspecified atom stereocenters. The van der Waals surface area contributed by atoms with Gasteiger partial charge in [0.2, 0.25) is 0 Å². The molecule has 3 heteroatoms. The standard InChI is InChI=1S/C6H10OS2/c1-5(2)8-7-9-6(3)4/h1,3H2,2,4H3. The Hall–Kier alpha value is 0.140. The number of rotatable bonds is 4. The summed E-state index contributed by atoms with van der Waals surface area (Å²) in [4.78, 5) is 1.90. The van der Waals surface area contributed by atoms with Crippen LogP contribution in [0.25, 0.3) is 0 Å². The highest BCUT2D eigenvalue weighted by Crippen LogP contribution is 2.25. The fourth-order valence-electron chi connectivity index (χ4n) is 0.133. The van der Waals surface area contributed by atoms with Crippen molar-refractivity contribution in [2.45, 2.75) is 13.8 Å². The van der Waals surface area contributed by atoms with Gasteiger partial charge < -0.3 is 0 Å². The van der Waals surface area contributed by atoms with E-state index < -0.39 is 0 Å². The van der Waals surface area contributed by atoms with Gasteiger partial charge in [-0.25, -0.2) is 3.63 Å². The Bertz CT molecular complexity index is 106. The minimum atomic E-state index is 0.948. The Balaban J connectivity index is 3.10. The van der Waals surface area contributed by atoms with Crippen LogP contribution in [0, 0.1) is 0 Å². The lowest BCUT2D eigenvalue weighted by Crippen LogP contribution is -1.65. The van der Waals surface area contributed by atoms with Crippen LogP contribution in [0.5, 0.6) is 0 Å². The van der Waals surface area contributed by atoms with Gasteiger partial charge >= 0.3 is 0 Å². The maximum Gasteiger partial charge on any atom is 0.0393 e. The van der Waals surface area contributed by atoms with Crippen LogP contribution in [0.3, 0.4) is 0 Å². The molecular weight excluding hydrogens is 152 g/mol. The van der Waals surface area contributed by atoms with Gasteiger partial charge in [-0.05, 0) is 13.8 Å². The van der Waals surface area contributed by atoms with Crippen molar-refractivity contribution in [2.24, 2.45) is 0 Å². The SMILES string of the molecule is C=C(C)SOSC(=C)C. The highest BCUT2D eigenvalue weighted by molar-refractivity contribution is 8.11. The molecule has 0 N–H and O–H groups in total. The smallest absolute Gasteiger partial charge is 0.0393 e. The zero-order valence-electron chi connectivity index (χ0n) is 5.64. The van der Waals surface area contributed by atoms with Crippen LogP contribution in [0.4, 0.5) is 0 Å². The Morgan fingerprint density at radius 2 is 1.44 bits per heavy atom. The first kappa shape index (κ1) is 9.14. The van der Waals surface area contributed by atoms with E-state index in [9.17, 15) is 0 Å². The van der Waals surface area contributed by atoms with Crippen molar-refractivity contribution in [3.63, 3.8) is 0 Å². The number of hydrogen-bond acceptors (Lipinski definition) is 3. The lowest BCUT2D eigenvalue weighted by Gasteiger charge is -1.96. The van der Waals surface area contributed by atoms with Gasteiger partial charge in [0.1, 0.15) is 0 Å². The molecule has 0 heterocycles. The average molecular weight is 162 g/mol. The number of allylic oxidation sites excluding steroid dienone is 2. The Labute approximate surface area is 65.0 Å². The first-order valence-corrected chi connectivity index (χ1v) is 3.93. The molecule has 0 aliphatic carbocycles. The molecule has 0 aromatic heterocycles. The average Bonchev–Trinajstić information content (AvgIpc) is 1.63. The van der Waals surface area contributed by atoms with Gasteiger partial charge in [-0.1, -0.05) is 13.2 Å². The third kappa shape index (κ3) is 8.14. The molecule has 52 valence electrons. The van der Waals surface area contributed by atoms with E-state index in [0.717, 1.165) is 9.81 Å². The third-order valence-electron chi connectivity index (χ3n) is 0.353. The van der Waals surface area contributed by atoms with Gasteiger partial charge in [0.15, 0.2) is 0 Å². The summed E-state index contributed by atoms with van der Waals surface area (Å²) in [6, 6.07) is 0. The van der Waals surface area contributed by atoms with E-state index in [4.69, 9.17) is 3.63 Å². The first-order chi connectivity index (χ1) is 4.13. The van der Waals surface area contributed by atoms with E-state index in [2.05, 4.69) is 13.2 Å². The molecule has 0 amide bonds. The Kier molecular flexibility index (Phi) is 5.04. The van der Waals surface area contributed by atoms with E-state index >= 15 is 0 Å². The molecule has 0 saturated carbocycles. The molecule has 9 heavy (non-hydrogen) atoms. The molecule has 0 rings (SSSR count). The molecule has 0 aliphatic rings. The minimum Gasteiger partial charge on any atom is -0.238 e. The van der Waals surface area contributed by atoms with E-state index in [1.807, 2.05) is 13.8 Å². The lowest BCUT2D eigenvalue weighted by molar-refractivity contribution is 0.769. The second kappa shape index (κ2) is 4.97. The maximum atomic E-state index is 4.99. The van der Waals surface area contributed by atoms with Gasteiger partial charge in [-0.3, -0.25) is 0 Å². The minimum absolute atomic E-state index is 0.948. The van der Waals surface area contributed by atoms with E-state index in [0.29, 0.717) is 0 Å². The van der Waals surface area contributed by atoms with Crippen LogP contribution in [0.2, 0.25) is 0 Å². The van der Waals surface area contributed by atoms with Crippen LogP contribution in [0.1, 0.15) is 13.8 Å². The lowest BCUT2D eigenvalue weighted by atomic mass is 10.8. The summed E-state index contributed by atoms with van der Waals surface area (Å²) in [5.41, 5.74) is 0. The summed E-state index contributed by atoms with van der Waals surface area (Å²) in [6.07, 6.45) is 0. The zero-order valence-corrected chi connectivity index (χ0v) is 7.27. The van der Waals surface area contributed by atoms with Crippen molar-refractivity contribution in [2.75, 3.05) is 0 Å². The monoisotopic (exact) mass is 162 g/mol.